The lowest BCUT2D eigenvalue weighted by atomic mass is 10.0. The van der Waals surface area contributed by atoms with Crippen LogP contribution in [-0.4, -0.2) is 19.9 Å². The van der Waals surface area contributed by atoms with Crippen molar-refractivity contribution in [1.82, 2.24) is 5.32 Å². The molecule has 106 valence electrons. The Morgan fingerprint density at radius 3 is 2.37 bits per heavy atom. The van der Waals surface area contributed by atoms with Crippen molar-refractivity contribution in [3.05, 3.63) is 29.3 Å². The van der Waals surface area contributed by atoms with E-state index in [1.807, 2.05) is 20.8 Å². The van der Waals surface area contributed by atoms with E-state index in [2.05, 4.69) is 5.32 Å². The van der Waals surface area contributed by atoms with Crippen LogP contribution in [0, 0.1) is 6.92 Å². The summed E-state index contributed by atoms with van der Waals surface area (Å²) in [6, 6.07) is 4.37. The van der Waals surface area contributed by atoms with E-state index in [1.165, 1.54) is 12.1 Å². The van der Waals surface area contributed by atoms with Crippen LogP contribution in [-0.2, 0) is 10.0 Å². The molecule has 0 aliphatic carbocycles. The lowest BCUT2D eigenvalue weighted by Crippen LogP contribution is -2.42. The summed E-state index contributed by atoms with van der Waals surface area (Å²) < 4.78 is 22.7. The Hall–Kier alpha value is -1.40. The Bertz CT molecular complexity index is 592. The van der Waals surface area contributed by atoms with Crippen molar-refractivity contribution in [3.8, 4) is 0 Å². The van der Waals surface area contributed by atoms with Crippen molar-refractivity contribution in [3.63, 3.8) is 0 Å². The van der Waals surface area contributed by atoms with Gasteiger partial charge in [0.2, 0.25) is 10.0 Å². The second kappa shape index (κ2) is 5.30. The van der Waals surface area contributed by atoms with Gasteiger partial charge >= 0.3 is 0 Å². The number of nitrogens with two attached hydrogens (primary N) is 1. The van der Waals surface area contributed by atoms with Crippen LogP contribution in [0.2, 0.25) is 0 Å². The van der Waals surface area contributed by atoms with Gasteiger partial charge in [0, 0.05) is 11.1 Å². The highest BCUT2D eigenvalue weighted by Gasteiger charge is 2.20. The summed E-state index contributed by atoms with van der Waals surface area (Å²) in [5, 5.41) is 7.94. The topological polar surface area (TPSA) is 89.3 Å². The standard InChI is InChI=1S/C13H20N2O3S/c1-5-13(3,4)15-12(16)10-6-9(2)7-11(8-10)19(14,17)18/h6-8H,5H2,1-4H3,(H,15,16)(H2,14,17,18). The fourth-order valence-corrected chi connectivity index (χ4v) is 2.15. The van der Waals surface area contributed by atoms with E-state index in [0.29, 0.717) is 11.1 Å². The van der Waals surface area contributed by atoms with Gasteiger partial charge in [0.25, 0.3) is 5.91 Å². The number of hydrogen-bond donors (Lipinski definition) is 2. The van der Waals surface area contributed by atoms with E-state index in [1.54, 1.807) is 13.0 Å². The first-order valence-corrected chi connectivity index (χ1v) is 7.57. The molecular formula is C13H20N2O3S. The number of aryl methyl sites for hydroxylation is 1. The molecule has 6 heteroatoms. The van der Waals surface area contributed by atoms with E-state index in [0.717, 1.165) is 6.42 Å². The van der Waals surface area contributed by atoms with Gasteiger partial charge in [0.1, 0.15) is 0 Å². The maximum Gasteiger partial charge on any atom is 0.251 e. The zero-order chi connectivity index (χ0) is 14.8. The monoisotopic (exact) mass is 284 g/mol. The lowest BCUT2D eigenvalue weighted by Gasteiger charge is -2.24. The van der Waals surface area contributed by atoms with Gasteiger partial charge in [-0.1, -0.05) is 6.92 Å². The molecule has 1 rings (SSSR count). The van der Waals surface area contributed by atoms with Gasteiger partial charge in [-0.15, -0.1) is 0 Å². The average molecular weight is 284 g/mol. The van der Waals surface area contributed by atoms with Crippen molar-refractivity contribution in [2.45, 2.75) is 44.6 Å². The predicted molar refractivity (Wildman–Crippen MR) is 74.4 cm³/mol. The van der Waals surface area contributed by atoms with Gasteiger partial charge in [0.15, 0.2) is 0 Å². The van der Waals surface area contributed by atoms with E-state index < -0.39 is 10.0 Å². The Kier molecular flexibility index (Phi) is 4.37. The fraction of sp³-hybridized carbons (Fsp3) is 0.462. The molecule has 0 saturated carbocycles. The van der Waals surface area contributed by atoms with Crippen molar-refractivity contribution < 1.29 is 13.2 Å². The number of carbonyl (C=O) groups excluding carboxylic acids is 1. The third kappa shape index (κ3) is 4.33. The molecule has 0 aromatic heterocycles. The minimum absolute atomic E-state index is 0.0491. The van der Waals surface area contributed by atoms with Crippen molar-refractivity contribution in [2.24, 2.45) is 5.14 Å². The Morgan fingerprint density at radius 2 is 1.89 bits per heavy atom. The van der Waals surface area contributed by atoms with Crippen LogP contribution in [0.4, 0.5) is 0 Å². The molecule has 0 unspecified atom stereocenters. The summed E-state index contributed by atoms with van der Waals surface area (Å²) in [7, 11) is -3.81. The third-order valence-corrected chi connectivity index (χ3v) is 3.87. The first-order valence-electron chi connectivity index (χ1n) is 6.02. The zero-order valence-electron chi connectivity index (χ0n) is 11.6. The SMILES string of the molecule is CCC(C)(C)NC(=O)c1cc(C)cc(S(N)(=O)=O)c1. The maximum absolute atomic E-state index is 12.1. The molecule has 19 heavy (non-hydrogen) atoms. The summed E-state index contributed by atoms with van der Waals surface area (Å²) in [5.74, 6) is -0.305. The summed E-state index contributed by atoms with van der Waals surface area (Å²) in [6.07, 6.45) is 0.770. The molecule has 1 aromatic carbocycles. The molecule has 0 heterocycles. The molecule has 0 aliphatic rings. The van der Waals surface area contributed by atoms with Gasteiger partial charge < -0.3 is 5.32 Å². The van der Waals surface area contributed by atoms with Crippen LogP contribution < -0.4 is 10.5 Å². The quantitative estimate of drug-likeness (QED) is 0.879. The number of carbonyl (C=O) groups is 1. The highest BCUT2D eigenvalue weighted by molar-refractivity contribution is 7.89. The molecule has 0 spiro atoms. The maximum atomic E-state index is 12.1. The number of amides is 1. The minimum atomic E-state index is -3.81. The molecule has 3 N–H and O–H groups in total. The number of rotatable bonds is 4. The summed E-state index contributed by atoms with van der Waals surface area (Å²) in [4.78, 5) is 12.1. The van der Waals surface area contributed by atoms with Crippen LogP contribution in [0.25, 0.3) is 0 Å². The Labute approximate surface area is 114 Å². The Morgan fingerprint density at radius 1 is 1.32 bits per heavy atom. The summed E-state index contributed by atoms with van der Waals surface area (Å²) in [6.45, 7) is 7.49. The molecule has 0 bridgehead atoms. The highest BCUT2D eigenvalue weighted by atomic mass is 32.2. The number of hydrogen-bond acceptors (Lipinski definition) is 3. The Balaban J connectivity index is 3.15. The normalized spacial score (nSPS) is 12.3. The lowest BCUT2D eigenvalue weighted by molar-refractivity contribution is 0.0911. The summed E-state index contributed by atoms with van der Waals surface area (Å²) in [5.41, 5.74) is 0.624. The van der Waals surface area contributed by atoms with Gasteiger partial charge in [0.05, 0.1) is 4.90 Å². The first-order chi connectivity index (χ1) is 8.55. The molecule has 0 saturated heterocycles. The fourth-order valence-electron chi connectivity index (χ4n) is 1.51. The third-order valence-electron chi connectivity index (χ3n) is 2.98. The highest BCUT2D eigenvalue weighted by Crippen LogP contribution is 2.15. The van der Waals surface area contributed by atoms with Gasteiger partial charge in [-0.3, -0.25) is 4.79 Å². The van der Waals surface area contributed by atoms with E-state index >= 15 is 0 Å². The van der Waals surface area contributed by atoms with Crippen LogP contribution in [0.1, 0.15) is 43.1 Å². The van der Waals surface area contributed by atoms with Gasteiger partial charge in [-0.2, -0.15) is 0 Å². The molecule has 1 amide bonds. The molecule has 5 nitrogen and oxygen atoms in total. The molecular weight excluding hydrogens is 264 g/mol. The summed E-state index contributed by atoms with van der Waals surface area (Å²) >= 11 is 0. The van der Waals surface area contributed by atoms with Crippen LogP contribution in [0.5, 0.6) is 0 Å². The largest absolute Gasteiger partial charge is 0.347 e. The van der Waals surface area contributed by atoms with Crippen LogP contribution in [0.15, 0.2) is 23.1 Å². The molecule has 1 aromatic rings. The van der Waals surface area contributed by atoms with Gasteiger partial charge in [-0.25, -0.2) is 13.6 Å². The zero-order valence-corrected chi connectivity index (χ0v) is 12.5. The van der Waals surface area contributed by atoms with E-state index in [4.69, 9.17) is 5.14 Å². The van der Waals surface area contributed by atoms with Gasteiger partial charge in [-0.05, 0) is 51.0 Å². The average Bonchev–Trinajstić information content (AvgIpc) is 2.26. The smallest absolute Gasteiger partial charge is 0.251 e. The molecule has 0 fully saturated rings. The predicted octanol–water partition coefficient (Wildman–Crippen LogP) is 1.56. The number of nitrogens with one attached hydrogen (secondary N) is 1. The molecule has 0 atom stereocenters. The number of sulfonamides is 1. The van der Waals surface area contributed by atoms with Crippen molar-refractivity contribution in [1.29, 1.82) is 0 Å². The molecule has 0 aliphatic heterocycles. The first kappa shape index (κ1) is 15.7. The van der Waals surface area contributed by atoms with E-state index in [-0.39, 0.29) is 16.3 Å². The van der Waals surface area contributed by atoms with Crippen LogP contribution in [0.3, 0.4) is 0 Å². The minimum Gasteiger partial charge on any atom is -0.347 e. The number of primary sulfonamides is 1. The van der Waals surface area contributed by atoms with Crippen LogP contribution >= 0.6 is 0 Å². The second-order valence-electron chi connectivity index (χ2n) is 5.27. The van der Waals surface area contributed by atoms with Crippen molar-refractivity contribution >= 4 is 15.9 Å². The number of benzene rings is 1. The molecule has 0 radical (unpaired) electrons. The second-order valence-corrected chi connectivity index (χ2v) is 6.83. The van der Waals surface area contributed by atoms with Crippen molar-refractivity contribution in [2.75, 3.05) is 0 Å². The van der Waals surface area contributed by atoms with E-state index in [9.17, 15) is 13.2 Å².